The summed E-state index contributed by atoms with van der Waals surface area (Å²) in [6.07, 6.45) is 5.54. The van der Waals surface area contributed by atoms with Gasteiger partial charge in [0.25, 0.3) is 0 Å². The Bertz CT molecular complexity index is 986. The minimum Gasteiger partial charge on any atom is -0.260 e. The second-order valence-electron chi connectivity index (χ2n) is 9.11. The maximum Gasteiger partial charge on any atom is 0.0735 e. The molecule has 1 aromatic carbocycles. The molecule has 0 fully saturated rings. The third-order valence-corrected chi connectivity index (χ3v) is 4.62. The van der Waals surface area contributed by atoms with Crippen molar-refractivity contribution in [2.45, 2.75) is 52.4 Å². The molecule has 0 N–H and O–H groups in total. The number of rotatable bonds is 0. The lowest BCUT2D eigenvalue weighted by molar-refractivity contribution is 0.575. The summed E-state index contributed by atoms with van der Waals surface area (Å²) in [7, 11) is 0. The average Bonchev–Trinajstić information content (AvgIpc) is 2.66. The first kappa shape index (κ1) is 19.9. The summed E-state index contributed by atoms with van der Waals surface area (Å²) in [5, 5.41) is 3.69. The van der Waals surface area contributed by atoms with Crippen LogP contribution in [0.2, 0.25) is 0 Å². The zero-order chi connectivity index (χ0) is 20.4. The van der Waals surface area contributed by atoms with Crippen LogP contribution in [-0.2, 0) is 10.8 Å². The third-order valence-electron chi connectivity index (χ3n) is 4.62. The molecule has 0 aliphatic rings. The molecule has 0 aliphatic carbocycles. The summed E-state index contributed by atoms with van der Waals surface area (Å²) in [5.74, 6) is 0. The molecule has 4 aromatic rings. The Morgan fingerprint density at radius 1 is 0.536 bits per heavy atom. The standard InChI is InChI=1S/C13H15N.C12H14N2/c1-13(2,3)12-11-7-5-4-6-10(11)8-9-14-12;1-12(2,3)11-9-5-4-7-13-10(9)6-8-14-11/h4-9H,1-3H3;4-8H,1-3H3. The topological polar surface area (TPSA) is 38.7 Å². The van der Waals surface area contributed by atoms with Gasteiger partial charge in [-0.15, -0.1) is 0 Å². The molecule has 28 heavy (non-hydrogen) atoms. The zero-order valence-electron chi connectivity index (χ0n) is 17.7. The molecule has 0 saturated carbocycles. The quantitative estimate of drug-likeness (QED) is 0.356. The lowest BCUT2D eigenvalue weighted by Crippen LogP contribution is -2.13. The van der Waals surface area contributed by atoms with Crippen LogP contribution in [0.15, 0.2) is 67.1 Å². The number of fused-ring (bicyclic) bond motifs is 2. The molecule has 3 heteroatoms. The van der Waals surface area contributed by atoms with E-state index >= 15 is 0 Å². The Kier molecular flexibility index (Phi) is 5.46. The first-order chi connectivity index (χ1) is 13.2. The van der Waals surface area contributed by atoms with Crippen LogP contribution >= 0.6 is 0 Å². The van der Waals surface area contributed by atoms with E-state index in [1.165, 1.54) is 16.5 Å². The predicted molar refractivity (Wildman–Crippen MR) is 119 cm³/mol. The van der Waals surface area contributed by atoms with Gasteiger partial charge >= 0.3 is 0 Å². The Hall–Kier alpha value is -2.81. The van der Waals surface area contributed by atoms with Crippen molar-refractivity contribution >= 4 is 21.7 Å². The molecule has 3 heterocycles. The summed E-state index contributed by atoms with van der Waals surface area (Å²) < 4.78 is 0. The average molecular weight is 372 g/mol. The summed E-state index contributed by atoms with van der Waals surface area (Å²) in [5.41, 5.74) is 3.50. The van der Waals surface area contributed by atoms with E-state index in [9.17, 15) is 0 Å². The lowest BCUT2D eigenvalue weighted by Gasteiger charge is -2.19. The third kappa shape index (κ3) is 4.36. The molecule has 0 aliphatic heterocycles. The van der Waals surface area contributed by atoms with Gasteiger partial charge in [0, 0.05) is 40.2 Å². The highest BCUT2D eigenvalue weighted by Crippen LogP contribution is 2.28. The van der Waals surface area contributed by atoms with Gasteiger partial charge in [0.2, 0.25) is 0 Å². The van der Waals surface area contributed by atoms with Crippen molar-refractivity contribution in [3.8, 4) is 0 Å². The fourth-order valence-corrected chi connectivity index (χ4v) is 3.32. The van der Waals surface area contributed by atoms with Gasteiger partial charge in [-0.25, -0.2) is 0 Å². The van der Waals surface area contributed by atoms with E-state index in [1.54, 1.807) is 0 Å². The predicted octanol–water partition coefficient (Wildman–Crippen LogP) is 6.46. The largest absolute Gasteiger partial charge is 0.260 e. The SMILES string of the molecule is CC(C)(C)c1nccc2ccccc12.CC(C)(C)c1nccc2ncccc12. The monoisotopic (exact) mass is 371 g/mol. The van der Waals surface area contributed by atoms with Gasteiger partial charge in [0.05, 0.1) is 16.9 Å². The van der Waals surface area contributed by atoms with Gasteiger partial charge in [-0.2, -0.15) is 0 Å². The molecule has 3 aromatic heterocycles. The van der Waals surface area contributed by atoms with Crippen LogP contribution in [0, 0.1) is 0 Å². The van der Waals surface area contributed by atoms with Crippen LogP contribution in [-0.4, -0.2) is 15.0 Å². The number of hydrogen-bond donors (Lipinski definition) is 0. The fraction of sp³-hybridized carbons (Fsp3) is 0.320. The van der Waals surface area contributed by atoms with Gasteiger partial charge in [-0.3, -0.25) is 15.0 Å². The minimum atomic E-state index is 0.0720. The van der Waals surface area contributed by atoms with E-state index in [0.717, 1.165) is 16.6 Å². The van der Waals surface area contributed by atoms with Crippen LogP contribution in [0.1, 0.15) is 52.9 Å². The van der Waals surface area contributed by atoms with E-state index in [1.807, 2.05) is 30.7 Å². The van der Waals surface area contributed by atoms with E-state index in [-0.39, 0.29) is 10.8 Å². The lowest BCUT2D eigenvalue weighted by atomic mass is 9.88. The number of hydrogen-bond acceptors (Lipinski definition) is 3. The first-order valence-electron chi connectivity index (χ1n) is 9.72. The molecule has 0 atom stereocenters. The molecule has 0 amide bonds. The van der Waals surface area contributed by atoms with Gasteiger partial charge in [-0.1, -0.05) is 65.8 Å². The van der Waals surface area contributed by atoms with E-state index < -0.39 is 0 Å². The van der Waals surface area contributed by atoms with Crippen molar-refractivity contribution in [1.29, 1.82) is 0 Å². The Labute approximate surface area is 167 Å². The molecule has 3 nitrogen and oxygen atoms in total. The fourth-order valence-electron chi connectivity index (χ4n) is 3.32. The minimum absolute atomic E-state index is 0.0720. The van der Waals surface area contributed by atoms with Crippen molar-refractivity contribution in [3.05, 3.63) is 78.5 Å². The molecule has 4 rings (SSSR count). The maximum atomic E-state index is 4.48. The summed E-state index contributed by atoms with van der Waals surface area (Å²) >= 11 is 0. The summed E-state index contributed by atoms with van der Waals surface area (Å²) in [4.78, 5) is 13.2. The van der Waals surface area contributed by atoms with Gasteiger partial charge < -0.3 is 0 Å². The Morgan fingerprint density at radius 2 is 1.11 bits per heavy atom. The molecular formula is C25H29N3. The Balaban J connectivity index is 0.000000161. The maximum absolute atomic E-state index is 4.48. The molecule has 0 bridgehead atoms. The van der Waals surface area contributed by atoms with Crippen LogP contribution in [0.3, 0.4) is 0 Å². The second-order valence-corrected chi connectivity index (χ2v) is 9.11. The molecule has 0 radical (unpaired) electrons. The van der Waals surface area contributed by atoms with Crippen molar-refractivity contribution in [3.63, 3.8) is 0 Å². The molecule has 144 valence electrons. The first-order valence-corrected chi connectivity index (χ1v) is 9.72. The normalized spacial score (nSPS) is 11.9. The van der Waals surface area contributed by atoms with Crippen molar-refractivity contribution < 1.29 is 0 Å². The number of nitrogens with zero attached hydrogens (tertiary/aromatic N) is 3. The highest BCUT2D eigenvalue weighted by Gasteiger charge is 2.18. The number of benzene rings is 1. The van der Waals surface area contributed by atoms with Gasteiger partial charge in [0.15, 0.2) is 0 Å². The number of aromatic nitrogens is 3. The van der Waals surface area contributed by atoms with Gasteiger partial charge in [-0.05, 0) is 29.7 Å². The van der Waals surface area contributed by atoms with Gasteiger partial charge in [0.1, 0.15) is 0 Å². The van der Waals surface area contributed by atoms with Crippen molar-refractivity contribution in [1.82, 2.24) is 15.0 Å². The van der Waals surface area contributed by atoms with E-state index in [2.05, 4.69) is 92.9 Å². The van der Waals surface area contributed by atoms with E-state index in [4.69, 9.17) is 0 Å². The summed E-state index contributed by atoms with van der Waals surface area (Å²) in [6, 6.07) is 16.5. The highest BCUT2D eigenvalue weighted by atomic mass is 14.7. The van der Waals surface area contributed by atoms with Crippen LogP contribution in [0.4, 0.5) is 0 Å². The smallest absolute Gasteiger partial charge is 0.0735 e. The van der Waals surface area contributed by atoms with Crippen LogP contribution in [0.25, 0.3) is 21.7 Å². The molecular weight excluding hydrogens is 342 g/mol. The zero-order valence-corrected chi connectivity index (χ0v) is 17.7. The Morgan fingerprint density at radius 3 is 1.79 bits per heavy atom. The molecule has 0 spiro atoms. The highest BCUT2D eigenvalue weighted by molar-refractivity contribution is 5.85. The summed E-state index contributed by atoms with van der Waals surface area (Å²) in [6.45, 7) is 13.1. The van der Waals surface area contributed by atoms with Crippen LogP contribution < -0.4 is 0 Å². The second kappa shape index (κ2) is 7.67. The van der Waals surface area contributed by atoms with Crippen molar-refractivity contribution in [2.24, 2.45) is 0 Å². The van der Waals surface area contributed by atoms with E-state index in [0.29, 0.717) is 0 Å². The van der Waals surface area contributed by atoms with Crippen LogP contribution in [0.5, 0.6) is 0 Å². The molecule has 0 unspecified atom stereocenters. The number of pyridine rings is 3. The molecule has 0 saturated heterocycles. The van der Waals surface area contributed by atoms with Crippen molar-refractivity contribution in [2.75, 3.05) is 0 Å².